The number of rotatable bonds is 0. The summed E-state index contributed by atoms with van der Waals surface area (Å²) in [6.07, 6.45) is 0. The first-order valence-corrected chi connectivity index (χ1v) is 10.0. The van der Waals surface area contributed by atoms with Gasteiger partial charge in [0, 0.05) is 32.0 Å². The van der Waals surface area contributed by atoms with Gasteiger partial charge < -0.3 is 0 Å². The van der Waals surface area contributed by atoms with Crippen LogP contribution in [0.4, 0.5) is 0 Å². The van der Waals surface area contributed by atoms with Crippen LogP contribution in [0.5, 0.6) is 0 Å². The molecule has 0 aliphatic carbocycles. The van der Waals surface area contributed by atoms with Crippen LogP contribution in [0, 0.1) is 0 Å². The average molecular weight is 432 g/mol. The van der Waals surface area contributed by atoms with E-state index in [0.29, 0.717) is 0 Å². The fourth-order valence-electron chi connectivity index (χ4n) is 2.03. The normalized spacial score (nSPS) is 15.3. The van der Waals surface area contributed by atoms with Crippen molar-refractivity contribution in [2.24, 2.45) is 0 Å². The Labute approximate surface area is 143 Å². The van der Waals surface area contributed by atoms with Crippen molar-refractivity contribution in [2.75, 3.05) is 0 Å². The van der Waals surface area contributed by atoms with E-state index in [9.17, 15) is 0 Å². The predicted octanol–water partition coefficient (Wildman–Crippen LogP) is 5.18. The first-order chi connectivity index (χ1) is 9.69. The van der Waals surface area contributed by atoms with E-state index in [1.807, 2.05) is 23.5 Å². The van der Waals surface area contributed by atoms with Gasteiger partial charge in [0.2, 0.25) is 0 Å². The number of aromatic nitrogens is 2. The highest BCUT2D eigenvalue weighted by molar-refractivity contribution is 9.10. The summed E-state index contributed by atoms with van der Waals surface area (Å²) in [5, 5.41) is 0. The molecule has 0 N–H and O–H groups in total. The second-order valence-corrected chi connectivity index (χ2v) is 8.32. The van der Waals surface area contributed by atoms with Crippen molar-refractivity contribution < 1.29 is 0 Å². The predicted molar refractivity (Wildman–Crippen MR) is 93.9 cm³/mol. The van der Waals surface area contributed by atoms with Crippen LogP contribution in [0.2, 0.25) is 0 Å². The number of hydrogen-bond acceptors (Lipinski definition) is 4. The van der Waals surface area contributed by atoms with E-state index >= 15 is 0 Å². The molecule has 0 radical (unpaired) electrons. The van der Waals surface area contributed by atoms with Gasteiger partial charge in [-0.15, -0.1) is 23.5 Å². The van der Waals surface area contributed by atoms with Crippen LogP contribution < -0.4 is 0 Å². The van der Waals surface area contributed by atoms with Crippen LogP contribution in [-0.4, -0.2) is 9.97 Å². The molecule has 2 nitrogen and oxygen atoms in total. The molecule has 0 unspecified atom stereocenters. The largest absolute Gasteiger partial charge is 0.256 e. The quantitative estimate of drug-likeness (QED) is 0.573. The van der Waals surface area contributed by atoms with Gasteiger partial charge >= 0.3 is 0 Å². The third kappa shape index (κ3) is 4.00. The Kier molecular flexibility index (Phi) is 5.07. The molecule has 0 spiro atoms. The van der Waals surface area contributed by atoms with Gasteiger partial charge in [0.15, 0.2) is 0 Å². The van der Waals surface area contributed by atoms with Crippen LogP contribution in [0.15, 0.2) is 33.2 Å². The molecule has 3 heterocycles. The molecule has 0 saturated heterocycles. The zero-order chi connectivity index (χ0) is 13.9. The minimum absolute atomic E-state index is 0.917. The average Bonchev–Trinajstić information content (AvgIpc) is 2.36. The summed E-state index contributed by atoms with van der Waals surface area (Å²) >= 11 is 10.9. The molecule has 1 aliphatic rings. The van der Waals surface area contributed by atoms with Gasteiger partial charge in [0.1, 0.15) is 0 Å². The fraction of sp³-hybridized carbons (Fsp3) is 0.286. The molecule has 3 rings (SSSR count). The third-order valence-corrected chi connectivity index (χ3v) is 5.71. The lowest BCUT2D eigenvalue weighted by molar-refractivity contribution is 1.06. The van der Waals surface area contributed by atoms with Crippen LogP contribution in [0.25, 0.3) is 0 Å². The first-order valence-electron chi connectivity index (χ1n) is 6.15. The Bertz CT molecular complexity index is 535. The number of hydrogen-bond donors (Lipinski definition) is 0. The molecule has 2 aromatic rings. The Balaban J connectivity index is 1.88. The van der Waals surface area contributed by atoms with Crippen LogP contribution >= 0.6 is 55.4 Å². The van der Waals surface area contributed by atoms with Crippen molar-refractivity contribution in [1.29, 1.82) is 0 Å². The SMILES string of the molecule is Brc1cc2nc(c1)CSCc1cc(Br)cc(n1)CSC2. The second kappa shape index (κ2) is 6.81. The van der Waals surface area contributed by atoms with Crippen LogP contribution in [0.1, 0.15) is 22.8 Å². The van der Waals surface area contributed by atoms with Crippen molar-refractivity contribution in [3.8, 4) is 0 Å². The van der Waals surface area contributed by atoms with Crippen molar-refractivity contribution in [3.63, 3.8) is 0 Å². The maximum absolute atomic E-state index is 4.72. The molecule has 0 atom stereocenters. The molecule has 0 aromatic carbocycles. The summed E-state index contributed by atoms with van der Waals surface area (Å²) in [4.78, 5) is 9.44. The summed E-state index contributed by atoms with van der Waals surface area (Å²) in [5.41, 5.74) is 4.54. The number of halogens is 2. The third-order valence-electron chi connectivity index (χ3n) is 2.79. The monoisotopic (exact) mass is 430 g/mol. The summed E-state index contributed by atoms with van der Waals surface area (Å²) in [6.45, 7) is 0. The van der Waals surface area contributed by atoms with Gasteiger partial charge in [-0.3, -0.25) is 9.97 Å². The van der Waals surface area contributed by atoms with Gasteiger partial charge in [0.25, 0.3) is 0 Å². The highest BCUT2D eigenvalue weighted by Gasteiger charge is 2.08. The molecule has 4 bridgehead atoms. The minimum Gasteiger partial charge on any atom is -0.256 e. The topological polar surface area (TPSA) is 25.8 Å². The highest BCUT2D eigenvalue weighted by atomic mass is 79.9. The van der Waals surface area contributed by atoms with Crippen LogP contribution in [0.3, 0.4) is 0 Å². The molecule has 0 saturated carbocycles. The highest BCUT2D eigenvalue weighted by Crippen LogP contribution is 2.26. The molecule has 20 heavy (non-hydrogen) atoms. The van der Waals surface area contributed by atoms with Crippen molar-refractivity contribution in [3.05, 3.63) is 56.0 Å². The molecule has 0 fully saturated rings. The lowest BCUT2D eigenvalue weighted by Crippen LogP contribution is -1.99. The van der Waals surface area contributed by atoms with Crippen molar-refractivity contribution in [2.45, 2.75) is 23.0 Å². The van der Waals surface area contributed by atoms with Crippen LogP contribution in [-0.2, 0) is 23.0 Å². The van der Waals surface area contributed by atoms with E-state index in [0.717, 1.165) is 54.7 Å². The molecular weight excluding hydrogens is 420 g/mol. The Morgan fingerprint density at radius 2 is 0.950 bits per heavy atom. The maximum Gasteiger partial charge on any atom is 0.0517 e. The second-order valence-electron chi connectivity index (χ2n) is 4.52. The van der Waals surface area contributed by atoms with E-state index in [1.54, 1.807) is 0 Å². The maximum atomic E-state index is 4.72. The molecule has 104 valence electrons. The van der Waals surface area contributed by atoms with Gasteiger partial charge in [0.05, 0.1) is 22.8 Å². The van der Waals surface area contributed by atoms with Gasteiger partial charge in [-0.25, -0.2) is 0 Å². The minimum atomic E-state index is 0.917. The van der Waals surface area contributed by atoms with Gasteiger partial charge in [-0.2, -0.15) is 0 Å². The van der Waals surface area contributed by atoms with E-state index in [2.05, 4.69) is 56.1 Å². The number of nitrogens with zero attached hydrogens (tertiary/aromatic N) is 2. The standard InChI is InChI=1S/C14H12Br2N2S2/c15-9-1-11-5-19-7-13-3-10(16)4-14(18-13)8-20-6-12(2-9)17-11/h1-4H,5-8H2. The van der Waals surface area contributed by atoms with Crippen molar-refractivity contribution in [1.82, 2.24) is 9.97 Å². The molecule has 6 heteroatoms. The Hall–Kier alpha value is -0.0400. The zero-order valence-electron chi connectivity index (χ0n) is 10.6. The zero-order valence-corrected chi connectivity index (χ0v) is 15.4. The number of fused-ring (bicyclic) bond motifs is 4. The Morgan fingerprint density at radius 1 is 0.650 bits per heavy atom. The van der Waals surface area contributed by atoms with Gasteiger partial charge in [-0.1, -0.05) is 31.9 Å². The lowest BCUT2D eigenvalue weighted by atomic mass is 10.3. The molecular formula is C14H12Br2N2S2. The summed E-state index contributed by atoms with van der Waals surface area (Å²) < 4.78 is 2.24. The lowest BCUT2D eigenvalue weighted by Gasteiger charge is -2.10. The van der Waals surface area contributed by atoms with Gasteiger partial charge in [-0.05, 0) is 24.3 Å². The van der Waals surface area contributed by atoms with E-state index in [4.69, 9.17) is 9.97 Å². The molecule has 2 aromatic heterocycles. The summed E-state index contributed by atoms with van der Waals surface area (Å²) in [6, 6.07) is 8.42. The first kappa shape index (κ1) is 14.9. The van der Waals surface area contributed by atoms with Crippen molar-refractivity contribution >= 4 is 55.4 Å². The summed E-state index contributed by atoms with van der Waals surface area (Å²) in [5.74, 6) is 3.67. The summed E-state index contributed by atoms with van der Waals surface area (Å²) in [7, 11) is 0. The van der Waals surface area contributed by atoms with E-state index in [1.165, 1.54) is 0 Å². The fourth-order valence-corrected chi connectivity index (χ4v) is 4.72. The van der Waals surface area contributed by atoms with E-state index < -0.39 is 0 Å². The Morgan fingerprint density at radius 3 is 1.25 bits per heavy atom. The number of thioether (sulfide) groups is 2. The smallest absolute Gasteiger partial charge is 0.0517 e. The number of pyridine rings is 2. The van der Waals surface area contributed by atoms with E-state index in [-0.39, 0.29) is 0 Å². The molecule has 0 amide bonds. The molecule has 1 aliphatic heterocycles.